The highest BCUT2D eigenvalue weighted by molar-refractivity contribution is 7.13. The zero-order valence-electron chi connectivity index (χ0n) is 13.5. The van der Waals surface area contributed by atoms with E-state index in [2.05, 4.69) is 15.4 Å². The van der Waals surface area contributed by atoms with E-state index in [1.165, 1.54) is 0 Å². The van der Waals surface area contributed by atoms with Crippen molar-refractivity contribution in [3.8, 4) is 22.4 Å². The Morgan fingerprint density at radius 3 is 2.88 bits per heavy atom. The Morgan fingerprint density at radius 2 is 2.17 bits per heavy atom. The van der Waals surface area contributed by atoms with Gasteiger partial charge in [0.05, 0.1) is 17.2 Å². The first-order chi connectivity index (χ1) is 11.7. The molecule has 124 valence electrons. The van der Waals surface area contributed by atoms with Crippen LogP contribution in [-0.2, 0) is 4.79 Å². The summed E-state index contributed by atoms with van der Waals surface area (Å²) in [6.45, 7) is 4.22. The summed E-state index contributed by atoms with van der Waals surface area (Å²) in [5.41, 5.74) is 1.54. The Hall–Kier alpha value is -2.67. The van der Waals surface area contributed by atoms with E-state index in [4.69, 9.17) is 4.74 Å². The van der Waals surface area contributed by atoms with Crippen molar-refractivity contribution in [1.29, 1.82) is 0 Å². The van der Waals surface area contributed by atoms with Gasteiger partial charge in [0.25, 0.3) is 0 Å². The Kier molecular flexibility index (Phi) is 4.90. The summed E-state index contributed by atoms with van der Waals surface area (Å²) in [5.74, 6) is 0.687. The zero-order chi connectivity index (χ0) is 16.9. The van der Waals surface area contributed by atoms with E-state index in [1.54, 1.807) is 16.0 Å². The molecule has 1 aromatic carbocycles. The summed E-state index contributed by atoms with van der Waals surface area (Å²) in [5, 5.41) is 9.30. The van der Waals surface area contributed by atoms with E-state index in [-0.39, 0.29) is 5.91 Å². The van der Waals surface area contributed by atoms with Gasteiger partial charge in [-0.25, -0.2) is 4.68 Å². The van der Waals surface area contributed by atoms with Gasteiger partial charge in [-0.15, -0.1) is 16.4 Å². The van der Waals surface area contributed by atoms with Gasteiger partial charge in [-0.3, -0.25) is 4.79 Å². The summed E-state index contributed by atoms with van der Waals surface area (Å²) in [4.78, 5) is 17.1. The van der Waals surface area contributed by atoms with Crippen LogP contribution in [0, 0.1) is 0 Å². The molecule has 0 aliphatic carbocycles. The fourth-order valence-corrected chi connectivity index (χ4v) is 2.89. The van der Waals surface area contributed by atoms with Crippen molar-refractivity contribution in [1.82, 2.24) is 14.8 Å². The predicted molar refractivity (Wildman–Crippen MR) is 94.8 cm³/mol. The van der Waals surface area contributed by atoms with E-state index < -0.39 is 0 Å². The Bertz CT molecular complexity index is 827. The second-order valence-corrected chi connectivity index (χ2v) is 5.94. The molecule has 0 unspecified atom stereocenters. The largest absolute Gasteiger partial charge is 0.463 e. The number of anilines is 1. The van der Waals surface area contributed by atoms with Gasteiger partial charge in [-0.2, -0.15) is 4.98 Å². The first kappa shape index (κ1) is 16.2. The number of nitrogens with one attached hydrogen (secondary N) is 1. The first-order valence-corrected chi connectivity index (χ1v) is 8.63. The van der Waals surface area contributed by atoms with Gasteiger partial charge in [-0.1, -0.05) is 19.1 Å². The molecule has 0 spiro atoms. The van der Waals surface area contributed by atoms with Gasteiger partial charge in [0.15, 0.2) is 5.82 Å². The number of carbonyl (C=O) groups excluding carboxylic acids is 1. The zero-order valence-corrected chi connectivity index (χ0v) is 14.3. The molecule has 3 aromatic rings. The van der Waals surface area contributed by atoms with Crippen LogP contribution in [0.25, 0.3) is 16.4 Å². The second-order valence-electron chi connectivity index (χ2n) is 4.99. The standard InChI is InChI=1S/C17H18N4O2S/c1-3-15(22)18-12-7-5-8-13(11-12)21-16(14-9-6-10-24-14)19-17(20-21)23-4-2/h5-11H,3-4H2,1-2H3,(H,18,22). The molecule has 2 heterocycles. The molecular weight excluding hydrogens is 324 g/mol. The minimum Gasteiger partial charge on any atom is -0.463 e. The third-order valence-corrected chi connectivity index (χ3v) is 4.16. The topological polar surface area (TPSA) is 69.0 Å². The Labute approximate surface area is 144 Å². The van der Waals surface area contributed by atoms with Crippen molar-refractivity contribution < 1.29 is 9.53 Å². The van der Waals surface area contributed by atoms with Crippen molar-refractivity contribution in [2.45, 2.75) is 20.3 Å². The van der Waals surface area contributed by atoms with Crippen LogP contribution in [0.15, 0.2) is 41.8 Å². The number of rotatable bonds is 6. The van der Waals surface area contributed by atoms with Crippen LogP contribution in [0.3, 0.4) is 0 Å². The number of hydrogen-bond acceptors (Lipinski definition) is 5. The summed E-state index contributed by atoms with van der Waals surface area (Å²) in [6.07, 6.45) is 0.433. The lowest BCUT2D eigenvalue weighted by Gasteiger charge is -2.08. The lowest BCUT2D eigenvalue weighted by Crippen LogP contribution is -2.10. The minimum atomic E-state index is -0.0285. The Balaban J connectivity index is 2.02. The summed E-state index contributed by atoms with van der Waals surface area (Å²) < 4.78 is 7.19. The molecule has 0 fully saturated rings. The molecule has 0 saturated carbocycles. The summed E-state index contributed by atoms with van der Waals surface area (Å²) in [6, 6.07) is 11.8. The normalized spacial score (nSPS) is 10.6. The number of aromatic nitrogens is 3. The molecule has 0 aliphatic heterocycles. The number of ether oxygens (including phenoxy) is 1. The van der Waals surface area contributed by atoms with Gasteiger partial charge >= 0.3 is 6.01 Å². The molecule has 0 saturated heterocycles. The highest BCUT2D eigenvalue weighted by Crippen LogP contribution is 2.28. The fraction of sp³-hybridized carbons (Fsp3) is 0.235. The van der Waals surface area contributed by atoms with Crippen molar-refractivity contribution in [3.63, 3.8) is 0 Å². The maximum Gasteiger partial charge on any atom is 0.336 e. The van der Waals surface area contributed by atoms with Crippen LogP contribution in [0.1, 0.15) is 20.3 Å². The van der Waals surface area contributed by atoms with Crippen molar-refractivity contribution in [2.24, 2.45) is 0 Å². The number of carbonyl (C=O) groups is 1. The maximum absolute atomic E-state index is 11.6. The second kappa shape index (κ2) is 7.27. The van der Waals surface area contributed by atoms with Crippen LogP contribution in [-0.4, -0.2) is 27.3 Å². The summed E-state index contributed by atoms with van der Waals surface area (Å²) in [7, 11) is 0. The van der Waals surface area contributed by atoms with Crippen LogP contribution in [0.4, 0.5) is 5.69 Å². The highest BCUT2D eigenvalue weighted by Gasteiger charge is 2.15. The van der Waals surface area contributed by atoms with Crippen molar-refractivity contribution in [3.05, 3.63) is 41.8 Å². The molecule has 24 heavy (non-hydrogen) atoms. The van der Waals surface area contributed by atoms with Gasteiger partial charge in [-0.05, 0) is 36.6 Å². The van der Waals surface area contributed by atoms with Crippen molar-refractivity contribution in [2.75, 3.05) is 11.9 Å². The minimum absolute atomic E-state index is 0.0285. The van der Waals surface area contributed by atoms with Gasteiger partial charge in [0.2, 0.25) is 5.91 Å². The molecule has 2 aromatic heterocycles. The fourth-order valence-electron chi connectivity index (χ4n) is 2.19. The number of thiophene rings is 1. The number of hydrogen-bond donors (Lipinski definition) is 1. The van der Waals surface area contributed by atoms with Crippen LogP contribution in [0.5, 0.6) is 6.01 Å². The maximum atomic E-state index is 11.6. The molecule has 0 atom stereocenters. The third-order valence-electron chi connectivity index (χ3n) is 3.30. The van der Waals surface area contributed by atoms with Crippen LogP contribution < -0.4 is 10.1 Å². The van der Waals surface area contributed by atoms with Crippen molar-refractivity contribution >= 4 is 22.9 Å². The molecule has 7 heteroatoms. The molecule has 3 rings (SSSR count). The lowest BCUT2D eigenvalue weighted by atomic mass is 10.2. The van der Waals surface area contributed by atoms with E-state index in [0.717, 1.165) is 16.3 Å². The Morgan fingerprint density at radius 1 is 1.29 bits per heavy atom. The smallest absolute Gasteiger partial charge is 0.336 e. The first-order valence-electron chi connectivity index (χ1n) is 7.75. The predicted octanol–water partition coefficient (Wildman–Crippen LogP) is 3.74. The molecule has 1 N–H and O–H groups in total. The number of amides is 1. The quantitative estimate of drug-likeness (QED) is 0.741. The number of benzene rings is 1. The third kappa shape index (κ3) is 3.46. The van der Waals surface area contributed by atoms with Gasteiger partial charge in [0, 0.05) is 12.1 Å². The van der Waals surface area contributed by atoms with Crippen LogP contribution >= 0.6 is 11.3 Å². The molecule has 1 amide bonds. The molecular formula is C17H18N4O2S. The van der Waals surface area contributed by atoms with E-state index in [0.29, 0.717) is 24.9 Å². The molecule has 0 aliphatic rings. The SMILES string of the molecule is CCOc1nc(-c2cccs2)n(-c2cccc(NC(=O)CC)c2)n1. The van der Waals surface area contributed by atoms with Gasteiger partial charge in [0.1, 0.15) is 0 Å². The lowest BCUT2D eigenvalue weighted by molar-refractivity contribution is -0.115. The van der Waals surface area contributed by atoms with Crippen LogP contribution in [0.2, 0.25) is 0 Å². The van der Waals surface area contributed by atoms with E-state index in [1.807, 2.05) is 55.6 Å². The molecule has 0 radical (unpaired) electrons. The number of nitrogens with zero attached hydrogens (tertiary/aromatic N) is 3. The van der Waals surface area contributed by atoms with E-state index >= 15 is 0 Å². The monoisotopic (exact) mass is 342 g/mol. The summed E-state index contributed by atoms with van der Waals surface area (Å²) >= 11 is 1.59. The van der Waals surface area contributed by atoms with Gasteiger partial charge < -0.3 is 10.1 Å². The van der Waals surface area contributed by atoms with E-state index in [9.17, 15) is 4.79 Å². The molecule has 0 bridgehead atoms. The average molecular weight is 342 g/mol. The molecule has 6 nitrogen and oxygen atoms in total. The highest BCUT2D eigenvalue weighted by atomic mass is 32.1. The average Bonchev–Trinajstić information content (AvgIpc) is 3.24.